The van der Waals surface area contributed by atoms with Crippen molar-refractivity contribution in [2.24, 2.45) is 0 Å². The molecule has 1 aliphatic rings. The van der Waals surface area contributed by atoms with E-state index in [1.54, 1.807) is 11.0 Å². The molecule has 2 atom stereocenters. The van der Waals surface area contributed by atoms with Gasteiger partial charge in [-0.2, -0.15) is 0 Å². The van der Waals surface area contributed by atoms with Crippen molar-refractivity contribution < 1.29 is 14.6 Å². The van der Waals surface area contributed by atoms with Gasteiger partial charge in [0.2, 0.25) is 0 Å². The number of likely N-dealkylation sites (tertiary alicyclic amines) is 1. The molecule has 1 aliphatic heterocycles. The van der Waals surface area contributed by atoms with Crippen LogP contribution in [0, 0.1) is 0 Å². The lowest BCUT2D eigenvalue weighted by Crippen LogP contribution is -2.35. The standard InChI is InChI=1S/C15H20ClNO3/c1-15(2,3)20-14(19)17-8-12(13(18)9-17)10-5-4-6-11(16)7-10/h4-7,12-13,18H,8-9H2,1-3H3. The summed E-state index contributed by atoms with van der Waals surface area (Å²) in [6, 6.07) is 7.38. The van der Waals surface area contributed by atoms with E-state index in [0.717, 1.165) is 5.56 Å². The van der Waals surface area contributed by atoms with E-state index < -0.39 is 11.7 Å². The third-order valence-electron chi connectivity index (χ3n) is 3.22. The van der Waals surface area contributed by atoms with E-state index in [-0.39, 0.29) is 18.6 Å². The lowest BCUT2D eigenvalue weighted by Gasteiger charge is -2.24. The number of nitrogens with zero attached hydrogens (tertiary/aromatic N) is 1. The van der Waals surface area contributed by atoms with Crippen molar-refractivity contribution in [1.82, 2.24) is 4.90 Å². The van der Waals surface area contributed by atoms with Crippen LogP contribution in [-0.4, -0.2) is 40.9 Å². The molecule has 0 aliphatic carbocycles. The van der Waals surface area contributed by atoms with Gasteiger partial charge in [-0.25, -0.2) is 4.79 Å². The number of aliphatic hydroxyl groups is 1. The molecule has 2 unspecified atom stereocenters. The Morgan fingerprint density at radius 2 is 2.10 bits per heavy atom. The van der Waals surface area contributed by atoms with Crippen LogP contribution in [0.2, 0.25) is 5.02 Å². The number of amides is 1. The topological polar surface area (TPSA) is 49.8 Å². The molecule has 1 heterocycles. The molecule has 1 aromatic carbocycles. The minimum atomic E-state index is -0.596. The van der Waals surface area contributed by atoms with Gasteiger partial charge in [0.25, 0.3) is 0 Å². The molecule has 0 spiro atoms. The van der Waals surface area contributed by atoms with Gasteiger partial charge in [-0.15, -0.1) is 0 Å². The zero-order valence-electron chi connectivity index (χ0n) is 12.0. The van der Waals surface area contributed by atoms with Gasteiger partial charge in [-0.1, -0.05) is 23.7 Å². The fraction of sp³-hybridized carbons (Fsp3) is 0.533. The monoisotopic (exact) mass is 297 g/mol. The molecule has 20 heavy (non-hydrogen) atoms. The Labute approximate surface area is 124 Å². The Morgan fingerprint density at radius 3 is 2.70 bits per heavy atom. The highest BCUT2D eigenvalue weighted by Crippen LogP contribution is 2.30. The van der Waals surface area contributed by atoms with Gasteiger partial charge in [0, 0.05) is 17.5 Å². The first-order valence-corrected chi connectivity index (χ1v) is 7.05. The van der Waals surface area contributed by atoms with E-state index in [1.807, 2.05) is 39.0 Å². The van der Waals surface area contributed by atoms with Gasteiger partial charge in [0.1, 0.15) is 5.60 Å². The van der Waals surface area contributed by atoms with Crippen LogP contribution in [0.3, 0.4) is 0 Å². The fourth-order valence-corrected chi connectivity index (χ4v) is 2.53. The first-order chi connectivity index (χ1) is 9.26. The molecule has 1 saturated heterocycles. The molecule has 1 N–H and O–H groups in total. The van der Waals surface area contributed by atoms with Crippen LogP contribution < -0.4 is 0 Å². The molecule has 110 valence electrons. The van der Waals surface area contributed by atoms with Crippen molar-refractivity contribution in [2.45, 2.75) is 38.4 Å². The van der Waals surface area contributed by atoms with Crippen LogP contribution in [0.5, 0.6) is 0 Å². The van der Waals surface area contributed by atoms with Gasteiger partial charge in [0.05, 0.1) is 12.6 Å². The SMILES string of the molecule is CC(C)(C)OC(=O)N1CC(O)C(c2cccc(Cl)c2)C1. The maximum Gasteiger partial charge on any atom is 0.410 e. The molecule has 4 nitrogen and oxygen atoms in total. The number of carbonyl (C=O) groups excluding carboxylic acids is 1. The predicted molar refractivity (Wildman–Crippen MR) is 78.0 cm³/mol. The summed E-state index contributed by atoms with van der Waals surface area (Å²) in [7, 11) is 0. The zero-order chi connectivity index (χ0) is 14.9. The number of aliphatic hydroxyl groups excluding tert-OH is 1. The highest BCUT2D eigenvalue weighted by atomic mass is 35.5. The Hall–Kier alpha value is -1.26. The summed E-state index contributed by atoms with van der Waals surface area (Å²) in [4.78, 5) is 13.6. The largest absolute Gasteiger partial charge is 0.444 e. The van der Waals surface area contributed by atoms with E-state index in [0.29, 0.717) is 11.6 Å². The van der Waals surface area contributed by atoms with Crippen molar-refractivity contribution >= 4 is 17.7 Å². The molecule has 1 amide bonds. The van der Waals surface area contributed by atoms with Crippen molar-refractivity contribution in [3.8, 4) is 0 Å². The highest BCUT2D eigenvalue weighted by Gasteiger charge is 2.36. The third-order valence-corrected chi connectivity index (χ3v) is 3.45. The lowest BCUT2D eigenvalue weighted by atomic mass is 9.96. The van der Waals surface area contributed by atoms with Gasteiger partial charge < -0.3 is 14.7 Å². The van der Waals surface area contributed by atoms with Gasteiger partial charge >= 0.3 is 6.09 Å². The van der Waals surface area contributed by atoms with Crippen LogP contribution in [-0.2, 0) is 4.74 Å². The van der Waals surface area contributed by atoms with E-state index in [9.17, 15) is 9.90 Å². The molecule has 5 heteroatoms. The van der Waals surface area contributed by atoms with Crippen LogP contribution in [0.15, 0.2) is 24.3 Å². The number of β-amino-alcohol motifs (C(OH)–C–C–N with tert-alkyl or cyclic N) is 1. The van der Waals surface area contributed by atoms with Crippen LogP contribution in [0.25, 0.3) is 0 Å². The Kier molecular flexibility index (Phi) is 4.25. The number of ether oxygens (including phenoxy) is 1. The molecule has 2 rings (SSSR count). The van der Waals surface area contributed by atoms with Crippen molar-refractivity contribution in [1.29, 1.82) is 0 Å². The number of carbonyl (C=O) groups is 1. The minimum absolute atomic E-state index is 0.124. The molecular weight excluding hydrogens is 278 g/mol. The number of rotatable bonds is 1. The smallest absolute Gasteiger partial charge is 0.410 e. The lowest BCUT2D eigenvalue weighted by molar-refractivity contribution is 0.0270. The first-order valence-electron chi connectivity index (χ1n) is 6.68. The quantitative estimate of drug-likeness (QED) is 0.867. The Balaban J connectivity index is 2.07. The third kappa shape index (κ3) is 3.64. The van der Waals surface area contributed by atoms with E-state index >= 15 is 0 Å². The number of hydrogen-bond donors (Lipinski definition) is 1. The molecule has 0 bridgehead atoms. The Morgan fingerprint density at radius 1 is 1.40 bits per heavy atom. The summed E-state index contributed by atoms with van der Waals surface area (Å²) in [5.74, 6) is -0.124. The number of hydrogen-bond acceptors (Lipinski definition) is 3. The number of halogens is 1. The average molecular weight is 298 g/mol. The van der Waals surface area contributed by atoms with E-state index in [1.165, 1.54) is 0 Å². The summed E-state index contributed by atoms with van der Waals surface area (Å²) in [5, 5.41) is 10.8. The molecule has 1 fully saturated rings. The minimum Gasteiger partial charge on any atom is -0.444 e. The van der Waals surface area contributed by atoms with Crippen LogP contribution in [0.4, 0.5) is 4.79 Å². The van der Waals surface area contributed by atoms with E-state index in [4.69, 9.17) is 16.3 Å². The maximum absolute atomic E-state index is 12.0. The fourth-order valence-electron chi connectivity index (χ4n) is 2.33. The maximum atomic E-state index is 12.0. The average Bonchev–Trinajstić information content (AvgIpc) is 2.69. The summed E-state index contributed by atoms with van der Waals surface area (Å²) in [6.45, 7) is 6.20. The second-order valence-corrected chi connectivity index (χ2v) is 6.55. The molecule has 0 aromatic heterocycles. The molecule has 0 saturated carbocycles. The van der Waals surface area contributed by atoms with Crippen molar-refractivity contribution in [3.05, 3.63) is 34.9 Å². The normalized spacial score (nSPS) is 22.9. The highest BCUT2D eigenvalue weighted by molar-refractivity contribution is 6.30. The second-order valence-electron chi connectivity index (χ2n) is 6.11. The van der Waals surface area contributed by atoms with Crippen LogP contribution in [0.1, 0.15) is 32.3 Å². The first kappa shape index (κ1) is 15.1. The van der Waals surface area contributed by atoms with Gasteiger partial charge in [-0.05, 0) is 38.5 Å². The zero-order valence-corrected chi connectivity index (χ0v) is 12.7. The second kappa shape index (κ2) is 5.62. The molecular formula is C15H20ClNO3. The Bertz CT molecular complexity index is 498. The molecule has 0 radical (unpaired) electrons. The molecule has 1 aromatic rings. The van der Waals surface area contributed by atoms with Gasteiger partial charge in [0.15, 0.2) is 0 Å². The van der Waals surface area contributed by atoms with Gasteiger partial charge in [-0.3, -0.25) is 0 Å². The number of benzene rings is 1. The summed E-state index contributed by atoms with van der Waals surface area (Å²) < 4.78 is 5.33. The summed E-state index contributed by atoms with van der Waals surface area (Å²) >= 11 is 5.97. The van der Waals surface area contributed by atoms with E-state index in [2.05, 4.69) is 0 Å². The predicted octanol–water partition coefficient (Wildman–Crippen LogP) is 3.04. The summed E-state index contributed by atoms with van der Waals surface area (Å²) in [5.41, 5.74) is 0.409. The summed E-state index contributed by atoms with van der Waals surface area (Å²) in [6.07, 6.45) is -0.984. The van der Waals surface area contributed by atoms with Crippen molar-refractivity contribution in [2.75, 3.05) is 13.1 Å². The van der Waals surface area contributed by atoms with Crippen LogP contribution >= 0.6 is 11.6 Å². The van der Waals surface area contributed by atoms with Crippen molar-refractivity contribution in [3.63, 3.8) is 0 Å².